The van der Waals surface area contributed by atoms with Gasteiger partial charge in [-0.3, -0.25) is 9.88 Å². The predicted molar refractivity (Wildman–Crippen MR) is 67.4 cm³/mol. The quantitative estimate of drug-likeness (QED) is 0.792. The molecule has 2 atom stereocenters. The average molecular weight is 235 g/mol. The third-order valence-electron chi connectivity index (χ3n) is 3.61. The first-order chi connectivity index (χ1) is 8.35. The Balaban J connectivity index is 2.01. The lowest BCUT2D eigenvalue weighted by molar-refractivity contribution is 0.222. The lowest BCUT2D eigenvalue weighted by atomic mass is 10.1. The number of nitrogens with two attached hydrogens (primary N) is 1. The summed E-state index contributed by atoms with van der Waals surface area (Å²) in [5.74, 6) is 0.621. The van der Waals surface area contributed by atoms with Crippen molar-refractivity contribution in [2.24, 2.45) is 11.7 Å². The van der Waals surface area contributed by atoms with E-state index in [0.717, 1.165) is 19.5 Å². The van der Waals surface area contributed by atoms with Crippen LogP contribution in [-0.4, -0.2) is 41.2 Å². The van der Waals surface area contributed by atoms with Gasteiger partial charge >= 0.3 is 0 Å². The Morgan fingerprint density at radius 3 is 2.88 bits per heavy atom. The highest BCUT2D eigenvalue weighted by molar-refractivity contribution is 5.16. The Bertz CT molecular complexity index is 331. The normalized spacial score (nSPS) is 22.8. The van der Waals surface area contributed by atoms with Crippen molar-refractivity contribution in [1.82, 2.24) is 9.88 Å². The van der Waals surface area contributed by atoms with Crippen LogP contribution >= 0.6 is 0 Å². The number of hydrogen-bond donors (Lipinski definition) is 2. The molecule has 1 saturated heterocycles. The highest BCUT2D eigenvalue weighted by Gasteiger charge is 2.27. The molecule has 1 aromatic heterocycles. The first-order valence-corrected chi connectivity index (χ1v) is 6.30. The fourth-order valence-corrected chi connectivity index (χ4v) is 2.65. The molecule has 17 heavy (non-hydrogen) atoms. The van der Waals surface area contributed by atoms with E-state index in [1.165, 1.54) is 12.0 Å². The molecule has 1 fully saturated rings. The van der Waals surface area contributed by atoms with E-state index in [1.807, 2.05) is 24.5 Å². The Morgan fingerprint density at radius 1 is 1.47 bits per heavy atom. The third-order valence-corrected chi connectivity index (χ3v) is 3.61. The van der Waals surface area contributed by atoms with E-state index in [9.17, 15) is 0 Å². The average Bonchev–Trinajstić information content (AvgIpc) is 2.81. The zero-order chi connectivity index (χ0) is 12.1. The molecule has 1 aromatic rings. The van der Waals surface area contributed by atoms with Crippen LogP contribution in [0.25, 0.3) is 0 Å². The largest absolute Gasteiger partial charge is 0.396 e. The molecule has 2 unspecified atom stereocenters. The van der Waals surface area contributed by atoms with E-state index in [-0.39, 0.29) is 0 Å². The van der Waals surface area contributed by atoms with Crippen LogP contribution in [0.3, 0.4) is 0 Å². The summed E-state index contributed by atoms with van der Waals surface area (Å²) in [5, 5.41) is 8.97. The number of hydrogen-bond acceptors (Lipinski definition) is 4. The summed E-state index contributed by atoms with van der Waals surface area (Å²) in [6.07, 6.45) is 5.71. The zero-order valence-electron chi connectivity index (χ0n) is 10.1. The molecular weight excluding hydrogens is 214 g/mol. The number of nitrogens with zero attached hydrogens (tertiary/aromatic N) is 2. The molecule has 2 heterocycles. The zero-order valence-corrected chi connectivity index (χ0v) is 10.1. The van der Waals surface area contributed by atoms with Crippen molar-refractivity contribution in [3.05, 3.63) is 30.1 Å². The van der Waals surface area contributed by atoms with E-state index >= 15 is 0 Å². The van der Waals surface area contributed by atoms with E-state index in [2.05, 4.69) is 9.88 Å². The molecule has 94 valence electrons. The molecule has 0 saturated carbocycles. The molecule has 3 N–H and O–H groups in total. The number of aromatic nitrogens is 1. The Morgan fingerprint density at radius 2 is 2.24 bits per heavy atom. The summed E-state index contributed by atoms with van der Waals surface area (Å²) in [4.78, 5) is 6.47. The molecule has 4 nitrogen and oxygen atoms in total. The van der Waals surface area contributed by atoms with Crippen molar-refractivity contribution < 1.29 is 5.11 Å². The highest BCUT2D eigenvalue weighted by atomic mass is 16.3. The van der Waals surface area contributed by atoms with Gasteiger partial charge in [0, 0.05) is 38.1 Å². The van der Waals surface area contributed by atoms with E-state index in [0.29, 0.717) is 25.1 Å². The molecule has 0 spiro atoms. The highest BCUT2D eigenvalue weighted by Crippen LogP contribution is 2.28. The summed E-state index contributed by atoms with van der Waals surface area (Å²) < 4.78 is 0. The second-order valence-electron chi connectivity index (χ2n) is 4.69. The fourth-order valence-electron chi connectivity index (χ4n) is 2.65. The van der Waals surface area contributed by atoms with Crippen molar-refractivity contribution in [1.29, 1.82) is 0 Å². The van der Waals surface area contributed by atoms with Gasteiger partial charge in [-0.1, -0.05) is 0 Å². The predicted octanol–water partition coefficient (Wildman–Crippen LogP) is 0.786. The van der Waals surface area contributed by atoms with Crippen LogP contribution in [0.5, 0.6) is 0 Å². The Labute approximate surface area is 102 Å². The third kappa shape index (κ3) is 3.03. The van der Waals surface area contributed by atoms with Crippen LogP contribution in [-0.2, 0) is 0 Å². The smallest absolute Gasteiger partial charge is 0.0471 e. The second kappa shape index (κ2) is 6.10. The maximum Gasteiger partial charge on any atom is 0.0471 e. The van der Waals surface area contributed by atoms with Crippen LogP contribution < -0.4 is 5.73 Å². The fraction of sp³-hybridized carbons (Fsp3) is 0.615. The Hall–Kier alpha value is -0.970. The first kappa shape index (κ1) is 12.5. The lowest BCUT2D eigenvalue weighted by Crippen LogP contribution is -2.32. The molecular formula is C13H21N3O. The SMILES string of the molecule is NCC(c1ccncc1)N1CCC(CCO)C1. The summed E-state index contributed by atoms with van der Waals surface area (Å²) in [5.41, 5.74) is 7.14. The van der Waals surface area contributed by atoms with Crippen LogP contribution in [0.15, 0.2) is 24.5 Å². The number of likely N-dealkylation sites (tertiary alicyclic amines) is 1. The molecule has 0 aromatic carbocycles. The molecule has 4 heteroatoms. The molecule has 1 aliphatic heterocycles. The van der Waals surface area contributed by atoms with E-state index in [1.54, 1.807) is 0 Å². The summed E-state index contributed by atoms with van der Waals surface area (Å²) in [6.45, 7) is 3.05. The van der Waals surface area contributed by atoms with Crippen LogP contribution in [0.1, 0.15) is 24.4 Å². The molecule has 0 amide bonds. The second-order valence-corrected chi connectivity index (χ2v) is 4.69. The number of aliphatic hydroxyl groups is 1. The van der Waals surface area contributed by atoms with E-state index < -0.39 is 0 Å². The van der Waals surface area contributed by atoms with Gasteiger partial charge in [-0.2, -0.15) is 0 Å². The number of pyridine rings is 1. The maximum absolute atomic E-state index is 8.97. The van der Waals surface area contributed by atoms with Crippen LogP contribution in [0.4, 0.5) is 0 Å². The first-order valence-electron chi connectivity index (χ1n) is 6.30. The minimum Gasteiger partial charge on any atom is -0.396 e. The number of aliphatic hydroxyl groups excluding tert-OH is 1. The van der Waals surface area contributed by atoms with Crippen molar-refractivity contribution in [2.75, 3.05) is 26.2 Å². The molecule has 0 aliphatic carbocycles. The molecule has 1 aliphatic rings. The lowest BCUT2D eigenvalue weighted by Gasteiger charge is -2.27. The maximum atomic E-state index is 8.97. The standard InChI is InChI=1S/C13H21N3O/c14-9-13(12-1-5-15-6-2-12)16-7-3-11(10-16)4-8-17/h1-2,5-6,11,13,17H,3-4,7-10,14H2. The summed E-state index contributed by atoms with van der Waals surface area (Å²) in [6, 6.07) is 4.37. The summed E-state index contributed by atoms with van der Waals surface area (Å²) in [7, 11) is 0. The van der Waals surface area contributed by atoms with Crippen molar-refractivity contribution in [3.8, 4) is 0 Å². The van der Waals surface area contributed by atoms with Gasteiger partial charge in [0.1, 0.15) is 0 Å². The van der Waals surface area contributed by atoms with Crippen molar-refractivity contribution in [3.63, 3.8) is 0 Å². The molecule has 2 rings (SSSR count). The van der Waals surface area contributed by atoms with Gasteiger partial charge < -0.3 is 10.8 Å². The molecule has 0 radical (unpaired) electrons. The van der Waals surface area contributed by atoms with Crippen LogP contribution in [0.2, 0.25) is 0 Å². The van der Waals surface area contributed by atoms with Gasteiger partial charge in [-0.15, -0.1) is 0 Å². The topological polar surface area (TPSA) is 62.4 Å². The van der Waals surface area contributed by atoms with E-state index in [4.69, 9.17) is 10.8 Å². The van der Waals surface area contributed by atoms with Gasteiger partial charge in [-0.05, 0) is 43.0 Å². The number of rotatable bonds is 5. The van der Waals surface area contributed by atoms with Crippen molar-refractivity contribution in [2.45, 2.75) is 18.9 Å². The van der Waals surface area contributed by atoms with Gasteiger partial charge in [0.15, 0.2) is 0 Å². The van der Waals surface area contributed by atoms with Gasteiger partial charge in [0.2, 0.25) is 0 Å². The van der Waals surface area contributed by atoms with Gasteiger partial charge in [0.25, 0.3) is 0 Å². The monoisotopic (exact) mass is 235 g/mol. The van der Waals surface area contributed by atoms with Gasteiger partial charge in [-0.25, -0.2) is 0 Å². The molecule has 0 bridgehead atoms. The minimum atomic E-state index is 0.293. The summed E-state index contributed by atoms with van der Waals surface area (Å²) >= 11 is 0. The Kier molecular flexibility index (Phi) is 4.48. The van der Waals surface area contributed by atoms with Gasteiger partial charge in [0.05, 0.1) is 0 Å². The minimum absolute atomic E-state index is 0.293. The van der Waals surface area contributed by atoms with Crippen molar-refractivity contribution >= 4 is 0 Å². The van der Waals surface area contributed by atoms with Crippen LogP contribution in [0, 0.1) is 5.92 Å².